The van der Waals surface area contributed by atoms with Crippen molar-refractivity contribution in [3.05, 3.63) is 47.1 Å². The van der Waals surface area contributed by atoms with Crippen molar-refractivity contribution >= 4 is 10.0 Å². The molecule has 1 aliphatic rings. The van der Waals surface area contributed by atoms with Crippen molar-refractivity contribution in [1.82, 2.24) is 14.4 Å². The van der Waals surface area contributed by atoms with Gasteiger partial charge in [-0.3, -0.25) is 4.90 Å². The summed E-state index contributed by atoms with van der Waals surface area (Å²) in [5.74, 6) is 0.335. The Labute approximate surface area is 147 Å². The fourth-order valence-electron chi connectivity index (χ4n) is 3.11. The van der Waals surface area contributed by atoms with Crippen LogP contribution in [0, 0.1) is 19.7 Å². The van der Waals surface area contributed by atoms with Crippen LogP contribution in [-0.4, -0.2) is 49.0 Å². The molecule has 6 nitrogen and oxygen atoms in total. The Balaban J connectivity index is 1.71. The van der Waals surface area contributed by atoms with Crippen molar-refractivity contribution in [2.24, 2.45) is 0 Å². The first-order chi connectivity index (χ1) is 11.9. The lowest BCUT2D eigenvalue weighted by molar-refractivity contribution is 0.268. The molecule has 136 valence electrons. The minimum atomic E-state index is -3.62. The Morgan fingerprint density at radius 3 is 2.64 bits per heavy atom. The van der Waals surface area contributed by atoms with Crippen LogP contribution in [0.2, 0.25) is 0 Å². The standard InChI is InChI=1S/C17H22FN3O3S/c1-13-10-15(18)4-5-17(13)25(22,23)21-7-3-6-20(8-9-21)12-16-11-14(2)24-19-16/h4-5,10-11H,3,6-9,12H2,1-2H3. The highest BCUT2D eigenvalue weighted by molar-refractivity contribution is 7.89. The summed E-state index contributed by atoms with van der Waals surface area (Å²) in [4.78, 5) is 2.35. The van der Waals surface area contributed by atoms with Gasteiger partial charge in [0.15, 0.2) is 0 Å². The molecular formula is C17H22FN3O3S. The highest BCUT2D eigenvalue weighted by atomic mass is 32.2. The smallest absolute Gasteiger partial charge is 0.243 e. The van der Waals surface area contributed by atoms with Crippen molar-refractivity contribution in [3.63, 3.8) is 0 Å². The zero-order valence-corrected chi connectivity index (χ0v) is 15.2. The number of benzene rings is 1. The maximum atomic E-state index is 13.3. The normalized spacial score (nSPS) is 17.6. The molecule has 1 aliphatic heterocycles. The molecule has 1 saturated heterocycles. The van der Waals surface area contributed by atoms with Crippen LogP contribution in [0.4, 0.5) is 4.39 Å². The van der Waals surface area contributed by atoms with Gasteiger partial charge in [-0.05, 0) is 50.6 Å². The zero-order valence-electron chi connectivity index (χ0n) is 14.4. The summed E-state index contributed by atoms with van der Waals surface area (Å²) in [6, 6.07) is 5.68. The molecule has 0 amide bonds. The van der Waals surface area contributed by atoms with Crippen LogP contribution >= 0.6 is 0 Å². The lowest BCUT2D eigenvalue weighted by atomic mass is 10.2. The van der Waals surface area contributed by atoms with Crippen LogP contribution in [0.5, 0.6) is 0 Å². The molecule has 0 spiro atoms. The minimum absolute atomic E-state index is 0.175. The summed E-state index contributed by atoms with van der Waals surface area (Å²) in [5.41, 5.74) is 1.28. The predicted molar refractivity (Wildman–Crippen MR) is 91.0 cm³/mol. The van der Waals surface area contributed by atoms with Gasteiger partial charge in [0, 0.05) is 32.2 Å². The van der Waals surface area contributed by atoms with Gasteiger partial charge in [0.2, 0.25) is 10.0 Å². The zero-order chi connectivity index (χ0) is 18.0. The van der Waals surface area contributed by atoms with Crippen molar-refractivity contribution in [2.45, 2.75) is 31.7 Å². The molecular weight excluding hydrogens is 345 g/mol. The van der Waals surface area contributed by atoms with Crippen LogP contribution in [0.1, 0.15) is 23.4 Å². The summed E-state index contributed by atoms with van der Waals surface area (Å²) < 4.78 is 45.6. The van der Waals surface area contributed by atoms with Crippen LogP contribution in [0.15, 0.2) is 33.7 Å². The van der Waals surface area contributed by atoms with Crippen LogP contribution in [0.25, 0.3) is 0 Å². The summed E-state index contributed by atoms with van der Waals surface area (Å²) >= 11 is 0. The van der Waals surface area contributed by atoms with E-state index in [1.54, 1.807) is 6.92 Å². The topological polar surface area (TPSA) is 66.7 Å². The van der Waals surface area contributed by atoms with Gasteiger partial charge in [0.05, 0.1) is 10.6 Å². The average Bonchev–Trinajstić information content (AvgIpc) is 2.80. The van der Waals surface area contributed by atoms with Gasteiger partial charge in [-0.2, -0.15) is 4.31 Å². The van der Waals surface area contributed by atoms with Gasteiger partial charge in [-0.25, -0.2) is 12.8 Å². The van der Waals surface area contributed by atoms with E-state index in [9.17, 15) is 12.8 Å². The van der Waals surface area contributed by atoms with E-state index in [-0.39, 0.29) is 4.90 Å². The number of sulfonamides is 1. The number of rotatable bonds is 4. The lowest BCUT2D eigenvalue weighted by Crippen LogP contribution is -2.35. The second-order valence-electron chi connectivity index (χ2n) is 6.37. The van der Waals surface area contributed by atoms with Gasteiger partial charge in [-0.15, -0.1) is 0 Å². The van der Waals surface area contributed by atoms with E-state index in [2.05, 4.69) is 10.1 Å². The Morgan fingerprint density at radius 1 is 1.16 bits per heavy atom. The number of halogens is 1. The fraction of sp³-hybridized carbons (Fsp3) is 0.471. The number of nitrogens with zero attached hydrogens (tertiary/aromatic N) is 3. The van der Waals surface area contributed by atoms with E-state index in [1.807, 2.05) is 13.0 Å². The van der Waals surface area contributed by atoms with Crippen molar-refractivity contribution < 1.29 is 17.3 Å². The molecule has 1 aromatic heterocycles. The monoisotopic (exact) mass is 367 g/mol. The Bertz CT molecular complexity index is 851. The third-order valence-electron chi connectivity index (χ3n) is 4.36. The van der Waals surface area contributed by atoms with Crippen LogP contribution < -0.4 is 0 Å². The first kappa shape index (κ1) is 18.0. The molecule has 0 atom stereocenters. The molecule has 0 aliphatic carbocycles. The van der Waals surface area contributed by atoms with E-state index in [0.29, 0.717) is 31.7 Å². The number of aromatic nitrogens is 1. The van der Waals surface area contributed by atoms with E-state index >= 15 is 0 Å². The highest BCUT2D eigenvalue weighted by Gasteiger charge is 2.28. The van der Waals surface area contributed by atoms with Gasteiger partial charge < -0.3 is 4.52 Å². The van der Waals surface area contributed by atoms with Gasteiger partial charge in [0.25, 0.3) is 0 Å². The Hall–Kier alpha value is -1.77. The summed E-state index contributed by atoms with van der Waals surface area (Å²) in [5, 5.41) is 3.99. The average molecular weight is 367 g/mol. The third kappa shape index (κ3) is 4.08. The van der Waals surface area contributed by atoms with Gasteiger partial charge in [-0.1, -0.05) is 5.16 Å². The van der Waals surface area contributed by atoms with Crippen molar-refractivity contribution in [1.29, 1.82) is 0 Å². The largest absolute Gasteiger partial charge is 0.361 e. The molecule has 0 saturated carbocycles. The molecule has 8 heteroatoms. The van der Waals surface area contributed by atoms with E-state index in [1.165, 1.54) is 22.5 Å². The molecule has 2 aromatic rings. The lowest BCUT2D eigenvalue weighted by Gasteiger charge is -2.22. The number of hydrogen-bond donors (Lipinski definition) is 0. The maximum absolute atomic E-state index is 13.3. The minimum Gasteiger partial charge on any atom is -0.361 e. The first-order valence-electron chi connectivity index (χ1n) is 8.27. The first-order valence-corrected chi connectivity index (χ1v) is 9.71. The maximum Gasteiger partial charge on any atom is 0.243 e. The van der Waals surface area contributed by atoms with E-state index in [4.69, 9.17) is 4.52 Å². The molecule has 0 radical (unpaired) electrons. The van der Waals surface area contributed by atoms with Crippen molar-refractivity contribution in [3.8, 4) is 0 Å². The van der Waals surface area contributed by atoms with Crippen LogP contribution in [-0.2, 0) is 16.6 Å². The predicted octanol–water partition coefficient (Wildman–Crippen LogP) is 2.33. The Kier molecular flexibility index (Phi) is 5.21. The molecule has 2 heterocycles. The Morgan fingerprint density at radius 2 is 1.96 bits per heavy atom. The van der Waals surface area contributed by atoms with E-state index in [0.717, 1.165) is 24.4 Å². The molecule has 25 heavy (non-hydrogen) atoms. The van der Waals surface area contributed by atoms with Crippen LogP contribution in [0.3, 0.4) is 0 Å². The molecule has 0 bridgehead atoms. The molecule has 0 N–H and O–H groups in total. The third-order valence-corrected chi connectivity index (χ3v) is 6.42. The van der Waals surface area contributed by atoms with Gasteiger partial charge in [0.1, 0.15) is 11.6 Å². The van der Waals surface area contributed by atoms with E-state index < -0.39 is 15.8 Å². The second-order valence-corrected chi connectivity index (χ2v) is 8.28. The van der Waals surface area contributed by atoms with Crippen molar-refractivity contribution in [2.75, 3.05) is 26.2 Å². The number of hydrogen-bond acceptors (Lipinski definition) is 5. The highest BCUT2D eigenvalue weighted by Crippen LogP contribution is 2.22. The van der Waals surface area contributed by atoms with Gasteiger partial charge >= 0.3 is 0 Å². The SMILES string of the molecule is Cc1cc(CN2CCCN(S(=O)(=O)c3ccc(F)cc3C)CC2)no1. The fourth-order valence-corrected chi connectivity index (χ4v) is 4.78. The number of aryl methyl sites for hydroxylation is 2. The molecule has 1 aromatic carbocycles. The molecule has 1 fully saturated rings. The second kappa shape index (κ2) is 7.23. The molecule has 3 rings (SSSR count). The summed E-state index contributed by atoms with van der Waals surface area (Å²) in [6.07, 6.45) is 0.732. The summed E-state index contributed by atoms with van der Waals surface area (Å²) in [6.45, 7) is 6.36. The molecule has 0 unspecified atom stereocenters. The quantitative estimate of drug-likeness (QED) is 0.830. The summed E-state index contributed by atoms with van der Waals surface area (Å²) in [7, 11) is -3.62.